The molecule has 0 aromatic heterocycles. The lowest BCUT2D eigenvalue weighted by Gasteiger charge is -2.42. The minimum Gasteiger partial charge on any atom is -0.363 e. The molecule has 4 heteroatoms. The zero-order valence-electron chi connectivity index (χ0n) is 11.6. The molecule has 1 aromatic carbocycles. The van der Waals surface area contributed by atoms with E-state index in [0.29, 0.717) is 17.8 Å². The lowest BCUT2D eigenvalue weighted by molar-refractivity contribution is 0.366. The minimum atomic E-state index is -0.292. The van der Waals surface area contributed by atoms with Gasteiger partial charge in [-0.05, 0) is 25.0 Å². The van der Waals surface area contributed by atoms with Gasteiger partial charge in [0.1, 0.15) is 0 Å². The van der Waals surface area contributed by atoms with Crippen LogP contribution < -0.4 is 10.2 Å². The Morgan fingerprint density at radius 3 is 2.89 bits per heavy atom. The van der Waals surface area contributed by atoms with Crippen molar-refractivity contribution in [3.8, 4) is 0 Å². The molecule has 2 atom stereocenters. The van der Waals surface area contributed by atoms with E-state index < -0.39 is 0 Å². The van der Waals surface area contributed by atoms with Crippen molar-refractivity contribution in [1.29, 1.82) is 0 Å². The van der Waals surface area contributed by atoms with Gasteiger partial charge in [-0.1, -0.05) is 37.9 Å². The summed E-state index contributed by atoms with van der Waals surface area (Å²) in [5, 5.41) is 3.76. The van der Waals surface area contributed by atoms with E-state index in [1.807, 2.05) is 12.1 Å². The van der Waals surface area contributed by atoms with E-state index in [0.717, 1.165) is 32.4 Å². The van der Waals surface area contributed by atoms with E-state index in [9.17, 15) is 4.39 Å². The molecule has 1 heterocycles. The number of anilines is 1. The Balaban J connectivity index is 2.24. The summed E-state index contributed by atoms with van der Waals surface area (Å²) in [6, 6.07) is 6.03. The minimum absolute atomic E-state index is 0.206. The van der Waals surface area contributed by atoms with Crippen LogP contribution in [0.5, 0.6) is 0 Å². The second-order valence-electron chi connectivity index (χ2n) is 5.18. The lowest BCUT2D eigenvalue weighted by Crippen LogP contribution is -2.56. The van der Waals surface area contributed by atoms with Crippen molar-refractivity contribution in [3.05, 3.63) is 29.0 Å². The molecule has 2 rings (SSSR count). The number of benzene rings is 1. The van der Waals surface area contributed by atoms with Crippen molar-refractivity contribution in [1.82, 2.24) is 5.32 Å². The summed E-state index contributed by atoms with van der Waals surface area (Å²) in [4.78, 5) is 2.18. The molecule has 0 spiro atoms. The first-order valence-electron chi connectivity index (χ1n) is 7.11. The average Bonchev–Trinajstić information content (AvgIpc) is 2.42. The van der Waals surface area contributed by atoms with Gasteiger partial charge in [0, 0.05) is 25.2 Å². The van der Waals surface area contributed by atoms with E-state index in [2.05, 4.69) is 24.1 Å². The molecule has 0 amide bonds. The smallest absolute Gasteiger partial charge is 0.165 e. The van der Waals surface area contributed by atoms with E-state index in [-0.39, 0.29) is 10.8 Å². The Hall–Kier alpha value is -0.800. The van der Waals surface area contributed by atoms with Crippen molar-refractivity contribution in [2.24, 2.45) is 0 Å². The second-order valence-corrected chi connectivity index (χ2v) is 5.59. The molecule has 0 saturated carbocycles. The maximum Gasteiger partial charge on any atom is 0.165 e. The number of nitrogens with zero attached hydrogens (tertiary/aromatic N) is 1. The zero-order chi connectivity index (χ0) is 13.8. The van der Waals surface area contributed by atoms with Crippen LogP contribution in [0.25, 0.3) is 0 Å². The van der Waals surface area contributed by atoms with Crippen LogP contribution >= 0.6 is 11.6 Å². The van der Waals surface area contributed by atoms with Crippen molar-refractivity contribution < 1.29 is 4.39 Å². The van der Waals surface area contributed by atoms with E-state index in [1.54, 1.807) is 6.07 Å². The summed E-state index contributed by atoms with van der Waals surface area (Å²) >= 11 is 5.90. The Kier molecular flexibility index (Phi) is 5.06. The van der Waals surface area contributed by atoms with Crippen LogP contribution in [-0.2, 0) is 0 Å². The molecule has 2 unspecified atom stereocenters. The van der Waals surface area contributed by atoms with Gasteiger partial charge in [0.2, 0.25) is 0 Å². The van der Waals surface area contributed by atoms with E-state index in [1.165, 1.54) is 0 Å². The molecule has 0 bridgehead atoms. The largest absolute Gasteiger partial charge is 0.363 e. The van der Waals surface area contributed by atoms with Crippen LogP contribution in [0.15, 0.2) is 18.2 Å². The summed E-state index contributed by atoms with van der Waals surface area (Å²) in [5.74, 6) is -0.292. The van der Waals surface area contributed by atoms with Gasteiger partial charge in [0.15, 0.2) is 5.82 Å². The first kappa shape index (κ1) is 14.6. The molecule has 1 aliphatic rings. The predicted octanol–water partition coefficient (Wildman–Crippen LogP) is 3.84. The van der Waals surface area contributed by atoms with Crippen LogP contribution in [0.1, 0.15) is 33.1 Å². The van der Waals surface area contributed by atoms with Gasteiger partial charge in [-0.3, -0.25) is 0 Å². The number of hydrogen-bond acceptors (Lipinski definition) is 2. The standard InChI is InChI=1S/C15H22ClFN2/c1-3-6-11-10-19(12(4-2)9-18-11)14-8-5-7-13(16)15(14)17/h5,7-8,11-12,18H,3-4,6,9-10H2,1-2H3. The van der Waals surface area contributed by atoms with Crippen LogP contribution in [0.3, 0.4) is 0 Å². The third kappa shape index (κ3) is 3.21. The third-order valence-corrected chi connectivity index (χ3v) is 4.14. The van der Waals surface area contributed by atoms with Gasteiger partial charge in [-0.2, -0.15) is 0 Å². The molecule has 1 aromatic rings. The molecule has 0 radical (unpaired) electrons. The van der Waals surface area contributed by atoms with Gasteiger partial charge in [0.25, 0.3) is 0 Å². The highest BCUT2D eigenvalue weighted by atomic mass is 35.5. The zero-order valence-corrected chi connectivity index (χ0v) is 12.4. The molecule has 1 aliphatic heterocycles. The van der Waals surface area contributed by atoms with Gasteiger partial charge in [-0.25, -0.2) is 4.39 Å². The lowest BCUT2D eigenvalue weighted by atomic mass is 10.0. The fraction of sp³-hybridized carbons (Fsp3) is 0.600. The highest BCUT2D eigenvalue weighted by Crippen LogP contribution is 2.29. The van der Waals surface area contributed by atoms with Crippen LogP contribution in [0.2, 0.25) is 5.02 Å². The fourth-order valence-corrected chi connectivity index (χ4v) is 2.95. The van der Waals surface area contributed by atoms with Crippen molar-refractivity contribution in [2.75, 3.05) is 18.0 Å². The second kappa shape index (κ2) is 6.58. The van der Waals surface area contributed by atoms with Gasteiger partial charge in [-0.15, -0.1) is 0 Å². The maximum atomic E-state index is 14.2. The van der Waals surface area contributed by atoms with Gasteiger partial charge < -0.3 is 10.2 Å². The quantitative estimate of drug-likeness (QED) is 0.904. The summed E-state index contributed by atoms with van der Waals surface area (Å²) in [6.07, 6.45) is 3.26. The summed E-state index contributed by atoms with van der Waals surface area (Å²) in [5.41, 5.74) is 0.641. The topological polar surface area (TPSA) is 15.3 Å². The molecule has 1 saturated heterocycles. The number of hydrogen-bond donors (Lipinski definition) is 1. The maximum absolute atomic E-state index is 14.2. The summed E-state index contributed by atoms with van der Waals surface area (Å²) in [7, 11) is 0. The molecular weight excluding hydrogens is 263 g/mol. The molecule has 19 heavy (non-hydrogen) atoms. The molecular formula is C15H22ClFN2. The Morgan fingerprint density at radius 1 is 1.42 bits per heavy atom. The Bertz CT molecular complexity index is 425. The summed E-state index contributed by atoms with van der Waals surface area (Å²) in [6.45, 7) is 6.08. The number of piperazine rings is 1. The highest BCUT2D eigenvalue weighted by Gasteiger charge is 2.28. The monoisotopic (exact) mass is 284 g/mol. The van der Waals surface area contributed by atoms with Gasteiger partial charge in [0.05, 0.1) is 10.7 Å². The van der Waals surface area contributed by atoms with Gasteiger partial charge >= 0.3 is 0 Å². The summed E-state index contributed by atoms with van der Waals surface area (Å²) < 4.78 is 14.2. The van der Waals surface area contributed by atoms with Crippen molar-refractivity contribution in [2.45, 2.75) is 45.2 Å². The Morgan fingerprint density at radius 2 is 2.21 bits per heavy atom. The number of halogens is 2. The highest BCUT2D eigenvalue weighted by molar-refractivity contribution is 6.31. The number of nitrogens with one attached hydrogen (secondary N) is 1. The third-order valence-electron chi connectivity index (χ3n) is 3.85. The fourth-order valence-electron chi connectivity index (χ4n) is 2.78. The normalized spacial score (nSPS) is 23.7. The van der Waals surface area contributed by atoms with E-state index >= 15 is 0 Å². The van der Waals surface area contributed by atoms with E-state index in [4.69, 9.17) is 11.6 Å². The Labute approximate surface area is 119 Å². The molecule has 2 nitrogen and oxygen atoms in total. The van der Waals surface area contributed by atoms with Crippen LogP contribution in [0, 0.1) is 5.82 Å². The predicted molar refractivity (Wildman–Crippen MR) is 79.5 cm³/mol. The molecule has 1 N–H and O–H groups in total. The van der Waals surface area contributed by atoms with Crippen LogP contribution in [0.4, 0.5) is 10.1 Å². The first-order chi connectivity index (χ1) is 9.17. The average molecular weight is 285 g/mol. The van der Waals surface area contributed by atoms with Crippen molar-refractivity contribution in [3.63, 3.8) is 0 Å². The molecule has 106 valence electrons. The van der Waals surface area contributed by atoms with Crippen molar-refractivity contribution >= 4 is 17.3 Å². The first-order valence-corrected chi connectivity index (χ1v) is 7.49. The SMILES string of the molecule is CCCC1CN(c2cccc(Cl)c2F)C(CC)CN1. The number of rotatable bonds is 4. The molecule has 1 fully saturated rings. The van der Waals surface area contributed by atoms with Crippen LogP contribution in [-0.4, -0.2) is 25.2 Å². The molecule has 0 aliphatic carbocycles.